The fourth-order valence-corrected chi connectivity index (χ4v) is 4.88. The number of nitrogen functional groups attached to an aromatic ring is 4. The van der Waals surface area contributed by atoms with Crippen molar-refractivity contribution in [1.82, 2.24) is 0 Å². The van der Waals surface area contributed by atoms with E-state index in [4.69, 9.17) is 48.2 Å². The van der Waals surface area contributed by atoms with Gasteiger partial charge in [0.1, 0.15) is 21.2 Å². The first-order valence-electron chi connectivity index (χ1n) is 12.1. The van der Waals surface area contributed by atoms with Gasteiger partial charge in [0.05, 0.1) is 28.4 Å². The van der Waals surface area contributed by atoms with Crippen LogP contribution in [0.3, 0.4) is 0 Å². The number of nitrogens with zero attached hydrogens (tertiary/aromatic N) is 4. The highest BCUT2D eigenvalue weighted by molar-refractivity contribution is 7.86. The largest absolute Gasteiger partial charge is 0.425 e. The van der Waals surface area contributed by atoms with Gasteiger partial charge in [-0.3, -0.25) is 9.11 Å². The van der Waals surface area contributed by atoms with Crippen molar-refractivity contribution in [2.45, 2.75) is 9.79 Å². The Morgan fingerprint density at radius 1 is 0.500 bits per heavy atom. The summed E-state index contributed by atoms with van der Waals surface area (Å²) in [5, 5.41) is 15.9. The van der Waals surface area contributed by atoms with Gasteiger partial charge in [0.25, 0.3) is 20.2 Å². The number of azo groups is 2. The molecule has 0 heterocycles. The molecule has 4 rings (SSSR count). The standard InChI is InChI=1S/C24H22N8O6S2.2O3S/c25-14-3-8-21(18(26)9-14)31-30-16-6-7-17(23(10-16)39(33,34)35)13-1-4-15(5-2-13)29-32-22-12-24(40(36,37)38)20(28)11-19(22)27;2*1-4(2)3/h1-12H,25-28H2,(H,33,34,35)(H,36,37,38);;. The van der Waals surface area contributed by atoms with Crippen LogP contribution in [0.5, 0.6) is 0 Å². The summed E-state index contributed by atoms with van der Waals surface area (Å²) >= 11 is 0. The summed E-state index contributed by atoms with van der Waals surface area (Å²) in [7, 11) is -15.5. The van der Waals surface area contributed by atoms with Crippen molar-refractivity contribution < 1.29 is 51.2 Å². The fourth-order valence-electron chi connectivity index (χ4n) is 3.53. The van der Waals surface area contributed by atoms with Crippen molar-refractivity contribution in [2.24, 2.45) is 20.5 Å². The normalized spacial score (nSPS) is 11.3. The highest BCUT2D eigenvalue weighted by atomic mass is 32.2. The molecule has 4 aromatic carbocycles. The van der Waals surface area contributed by atoms with E-state index in [1.165, 1.54) is 42.5 Å². The first-order valence-corrected chi connectivity index (χ1v) is 17.0. The summed E-state index contributed by atoms with van der Waals surface area (Å²) in [6.07, 6.45) is 0. The van der Waals surface area contributed by atoms with Gasteiger partial charge in [0, 0.05) is 11.3 Å². The van der Waals surface area contributed by atoms with Crippen LogP contribution in [-0.2, 0) is 41.5 Å². The average molecular weight is 743 g/mol. The molecular formula is C24H22N8O12S4. The van der Waals surface area contributed by atoms with E-state index >= 15 is 0 Å². The number of anilines is 4. The molecule has 0 radical (unpaired) electrons. The highest BCUT2D eigenvalue weighted by Gasteiger charge is 2.19. The van der Waals surface area contributed by atoms with E-state index < -0.39 is 51.2 Å². The highest BCUT2D eigenvalue weighted by Crippen LogP contribution is 2.35. The first kappa shape index (κ1) is 38.5. The molecular weight excluding hydrogens is 721 g/mol. The second-order valence-electron chi connectivity index (χ2n) is 8.75. The van der Waals surface area contributed by atoms with Crippen molar-refractivity contribution >= 4 is 87.0 Å². The van der Waals surface area contributed by atoms with Gasteiger partial charge in [-0.25, -0.2) is 0 Å². The Kier molecular flexibility index (Phi) is 13.0. The Morgan fingerprint density at radius 3 is 1.50 bits per heavy atom. The second-order valence-corrected chi connectivity index (χ2v) is 12.3. The maximum Gasteiger partial charge on any atom is 0.425 e. The summed E-state index contributed by atoms with van der Waals surface area (Å²) in [5.41, 5.74) is 24.7. The molecule has 24 heteroatoms. The predicted molar refractivity (Wildman–Crippen MR) is 170 cm³/mol. The van der Waals surface area contributed by atoms with Crippen LogP contribution in [0.25, 0.3) is 11.1 Å². The average Bonchev–Trinajstić information content (AvgIpc) is 2.95. The van der Waals surface area contributed by atoms with E-state index in [0.29, 0.717) is 22.6 Å². The van der Waals surface area contributed by atoms with Gasteiger partial charge in [-0.1, -0.05) is 18.2 Å². The third-order valence-electron chi connectivity index (χ3n) is 5.46. The van der Waals surface area contributed by atoms with Crippen molar-refractivity contribution in [3.05, 3.63) is 72.8 Å². The molecule has 20 nitrogen and oxygen atoms in total. The molecule has 0 spiro atoms. The zero-order valence-electron chi connectivity index (χ0n) is 23.6. The maximum absolute atomic E-state index is 12.2. The minimum absolute atomic E-state index is 0.0272. The van der Waals surface area contributed by atoms with Crippen molar-refractivity contribution in [1.29, 1.82) is 0 Å². The molecule has 0 aliphatic carbocycles. The molecule has 4 aromatic rings. The van der Waals surface area contributed by atoms with E-state index in [1.807, 2.05) is 0 Å². The Morgan fingerprint density at radius 2 is 0.979 bits per heavy atom. The van der Waals surface area contributed by atoms with E-state index in [0.717, 1.165) is 18.2 Å². The Bertz CT molecular complexity index is 2310. The molecule has 48 heavy (non-hydrogen) atoms. The second kappa shape index (κ2) is 16.3. The van der Waals surface area contributed by atoms with Gasteiger partial charge >= 0.3 is 21.2 Å². The lowest BCUT2D eigenvalue weighted by molar-refractivity contribution is 0.481. The molecule has 0 unspecified atom stereocenters. The molecule has 0 aliphatic rings. The van der Waals surface area contributed by atoms with Crippen LogP contribution in [0.15, 0.2) is 103 Å². The van der Waals surface area contributed by atoms with Crippen LogP contribution < -0.4 is 22.9 Å². The number of benzene rings is 4. The van der Waals surface area contributed by atoms with Gasteiger partial charge in [0.15, 0.2) is 0 Å². The molecule has 0 bridgehead atoms. The smallest absolute Gasteiger partial charge is 0.399 e. The summed E-state index contributed by atoms with van der Waals surface area (Å²) < 4.78 is 117. The van der Waals surface area contributed by atoms with Crippen molar-refractivity contribution in [3.8, 4) is 11.1 Å². The van der Waals surface area contributed by atoms with Gasteiger partial charge in [-0.05, 0) is 60.2 Å². The van der Waals surface area contributed by atoms with Crippen LogP contribution in [0.1, 0.15) is 0 Å². The molecule has 0 amide bonds. The topological polar surface area (TPSA) is 365 Å². The lowest BCUT2D eigenvalue weighted by Crippen LogP contribution is -2.04. The monoisotopic (exact) mass is 742 g/mol. The SMILES string of the molecule is Nc1ccc(N=Nc2ccc(-c3ccc(N=Nc4cc(S(=O)(=O)O)c(N)cc4N)cc3)c(S(=O)(=O)O)c2)c(N)c1.O=S(=O)=O.O=S(=O)=O. The Hall–Kier alpha value is -5.66. The summed E-state index contributed by atoms with van der Waals surface area (Å²) in [6.45, 7) is 0. The quantitative estimate of drug-likeness (QED) is 0.0900. The van der Waals surface area contributed by atoms with E-state index in [1.54, 1.807) is 12.1 Å². The first-order chi connectivity index (χ1) is 22.2. The van der Waals surface area contributed by atoms with Gasteiger partial charge in [-0.15, -0.1) is 35.5 Å². The lowest BCUT2D eigenvalue weighted by Gasteiger charge is -2.09. The zero-order chi connectivity index (χ0) is 36.4. The Labute approximate surface area is 274 Å². The summed E-state index contributed by atoms with van der Waals surface area (Å²) in [5.74, 6) is 0. The zero-order valence-corrected chi connectivity index (χ0v) is 26.9. The van der Waals surface area contributed by atoms with Crippen molar-refractivity contribution in [2.75, 3.05) is 22.9 Å². The summed E-state index contributed by atoms with van der Waals surface area (Å²) in [4.78, 5) is -0.973. The molecule has 0 atom stereocenters. The predicted octanol–water partition coefficient (Wildman–Crippen LogP) is 3.00. The summed E-state index contributed by atoms with van der Waals surface area (Å²) in [6, 6.07) is 16.9. The van der Waals surface area contributed by atoms with Gasteiger partial charge in [-0.2, -0.15) is 27.1 Å². The van der Waals surface area contributed by atoms with E-state index in [9.17, 15) is 25.9 Å². The minimum atomic E-state index is -4.66. The van der Waals surface area contributed by atoms with Crippen LogP contribution in [-0.4, -0.2) is 51.2 Å². The number of hydrogen-bond donors (Lipinski definition) is 6. The van der Waals surface area contributed by atoms with Crippen molar-refractivity contribution in [3.63, 3.8) is 0 Å². The molecule has 0 fully saturated rings. The van der Waals surface area contributed by atoms with E-state index in [-0.39, 0.29) is 34.0 Å². The number of rotatable bonds is 7. The van der Waals surface area contributed by atoms with Crippen LogP contribution in [0.2, 0.25) is 0 Å². The van der Waals surface area contributed by atoms with Gasteiger partial charge in [0.2, 0.25) is 0 Å². The third kappa shape index (κ3) is 11.9. The third-order valence-corrected chi connectivity index (χ3v) is 7.26. The maximum atomic E-state index is 12.2. The molecule has 254 valence electrons. The molecule has 10 N–H and O–H groups in total. The molecule has 0 aliphatic heterocycles. The molecule has 0 saturated carbocycles. The molecule has 0 aromatic heterocycles. The number of nitrogens with two attached hydrogens (primary N) is 4. The lowest BCUT2D eigenvalue weighted by atomic mass is 10.0. The van der Waals surface area contributed by atoms with Crippen LogP contribution in [0.4, 0.5) is 45.5 Å². The Balaban J connectivity index is 0.000000900. The van der Waals surface area contributed by atoms with Gasteiger partial charge < -0.3 is 22.9 Å². The van der Waals surface area contributed by atoms with Crippen LogP contribution >= 0.6 is 0 Å². The van der Waals surface area contributed by atoms with E-state index in [2.05, 4.69) is 20.5 Å². The van der Waals surface area contributed by atoms with Crippen LogP contribution in [0, 0.1) is 0 Å². The number of hydrogen-bond acceptors (Lipinski definition) is 18. The fraction of sp³-hybridized carbons (Fsp3) is 0. The minimum Gasteiger partial charge on any atom is -0.399 e. The molecule has 0 saturated heterocycles.